The van der Waals surface area contributed by atoms with Gasteiger partial charge in [-0.05, 0) is 54.4 Å². The van der Waals surface area contributed by atoms with Crippen LogP contribution in [0.2, 0.25) is 0 Å². The number of carboxylic acid groups (broad SMARTS) is 1. The first-order chi connectivity index (χ1) is 14.4. The van der Waals surface area contributed by atoms with Crippen molar-refractivity contribution in [3.05, 3.63) is 77.7 Å². The second kappa shape index (κ2) is 9.47. The van der Waals surface area contributed by atoms with Crippen LogP contribution in [0.3, 0.4) is 0 Å². The van der Waals surface area contributed by atoms with E-state index < -0.39 is 16.0 Å². The van der Waals surface area contributed by atoms with Crippen LogP contribution < -0.4 is 14.8 Å². The zero-order valence-corrected chi connectivity index (χ0v) is 17.1. The number of aromatic carboxylic acids is 1. The normalized spacial score (nSPS) is 11.2. The van der Waals surface area contributed by atoms with Gasteiger partial charge in [-0.2, -0.15) is 0 Å². The number of carboxylic acids is 1. The van der Waals surface area contributed by atoms with Crippen molar-refractivity contribution in [2.24, 2.45) is 0 Å². The van der Waals surface area contributed by atoms with Gasteiger partial charge in [0.15, 0.2) is 0 Å². The number of methoxy groups -OCH3 is 1. The monoisotopic (exact) mass is 430 g/mol. The lowest BCUT2D eigenvalue weighted by molar-refractivity contribution is 0.0696. The molecule has 0 saturated heterocycles. The fourth-order valence-electron chi connectivity index (χ4n) is 2.82. The highest BCUT2D eigenvalue weighted by atomic mass is 32.2. The van der Waals surface area contributed by atoms with Crippen molar-refractivity contribution in [3.63, 3.8) is 0 Å². The third kappa shape index (κ3) is 5.40. The van der Waals surface area contributed by atoms with Gasteiger partial charge in [0.1, 0.15) is 16.4 Å². The lowest BCUT2D eigenvalue weighted by Gasteiger charge is -2.14. The first kappa shape index (κ1) is 21.4. The number of benzene rings is 2. The van der Waals surface area contributed by atoms with Crippen molar-refractivity contribution in [3.8, 4) is 5.75 Å². The summed E-state index contributed by atoms with van der Waals surface area (Å²) in [6.45, 7) is 0.414. The number of nitrogens with one attached hydrogen (secondary N) is 2. The van der Waals surface area contributed by atoms with Gasteiger partial charge in [0.2, 0.25) is 10.0 Å². The third-order valence-electron chi connectivity index (χ3n) is 4.42. The summed E-state index contributed by atoms with van der Waals surface area (Å²) in [7, 11) is -2.38. The number of rotatable bonds is 10. The van der Waals surface area contributed by atoms with E-state index >= 15 is 0 Å². The van der Waals surface area contributed by atoms with Gasteiger partial charge in [-0.15, -0.1) is 0 Å². The van der Waals surface area contributed by atoms with Gasteiger partial charge in [-0.25, -0.2) is 17.9 Å². The molecule has 0 amide bonds. The van der Waals surface area contributed by atoms with Gasteiger partial charge < -0.3 is 19.6 Å². The second-order valence-electron chi connectivity index (χ2n) is 6.44. The molecule has 8 nitrogen and oxygen atoms in total. The Bertz CT molecular complexity index is 1090. The molecule has 0 aliphatic carbocycles. The van der Waals surface area contributed by atoms with Crippen molar-refractivity contribution in [1.29, 1.82) is 0 Å². The van der Waals surface area contributed by atoms with Crippen molar-refractivity contribution in [1.82, 2.24) is 4.72 Å². The highest BCUT2D eigenvalue weighted by molar-refractivity contribution is 7.89. The van der Waals surface area contributed by atoms with Crippen LogP contribution in [0.4, 0.5) is 5.69 Å². The Balaban J connectivity index is 1.75. The van der Waals surface area contributed by atoms with Crippen molar-refractivity contribution in [2.75, 3.05) is 19.0 Å². The number of anilines is 1. The number of ether oxygens (including phenoxy) is 1. The maximum absolute atomic E-state index is 12.9. The van der Waals surface area contributed by atoms with Crippen LogP contribution in [0.15, 0.2) is 70.2 Å². The maximum Gasteiger partial charge on any atom is 0.335 e. The quantitative estimate of drug-likeness (QED) is 0.452. The molecule has 0 atom stereocenters. The fourth-order valence-corrected chi connectivity index (χ4v) is 4.06. The van der Waals surface area contributed by atoms with Gasteiger partial charge in [0, 0.05) is 6.54 Å². The standard InChI is InChI=1S/C21H22N2O6S/c1-28-17-7-4-15(5-8-17)10-11-23-30(26,27)20-13-16(21(24)25)6-9-19(20)22-14-18-3-2-12-29-18/h2-9,12-13,22-23H,10-11,14H2,1H3,(H,24,25). The molecule has 0 bridgehead atoms. The molecule has 1 aromatic heterocycles. The molecule has 0 spiro atoms. The Morgan fingerprint density at radius 1 is 1.13 bits per heavy atom. The largest absolute Gasteiger partial charge is 0.497 e. The number of hydrogen-bond donors (Lipinski definition) is 3. The smallest absolute Gasteiger partial charge is 0.335 e. The van der Waals surface area contributed by atoms with Crippen LogP contribution in [0.25, 0.3) is 0 Å². The van der Waals surface area contributed by atoms with Crippen LogP contribution >= 0.6 is 0 Å². The summed E-state index contributed by atoms with van der Waals surface area (Å²) in [4.78, 5) is 11.2. The number of hydrogen-bond acceptors (Lipinski definition) is 6. The van der Waals surface area contributed by atoms with Crippen molar-refractivity contribution >= 4 is 21.7 Å². The molecule has 0 aliphatic heterocycles. The Morgan fingerprint density at radius 2 is 1.90 bits per heavy atom. The summed E-state index contributed by atoms with van der Waals surface area (Å²) in [5.74, 6) is 0.132. The fraction of sp³-hybridized carbons (Fsp3) is 0.190. The molecule has 3 rings (SSSR count). The van der Waals surface area contributed by atoms with Gasteiger partial charge in [0.25, 0.3) is 0 Å². The first-order valence-electron chi connectivity index (χ1n) is 9.15. The van der Waals surface area contributed by atoms with E-state index in [0.717, 1.165) is 17.4 Å². The Hall–Kier alpha value is -3.30. The topological polar surface area (TPSA) is 118 Å². The summed E-state index contributed by atoms with van der Waals surface area (Å²) in [6.07, 6.45) is 1.99. The lowest BCUT2D eigenvalue weighted by Crippen LogP contribution is -2.27. The second-order valence-corrected chi connectivity index (χ2v) is 8.18. The van der Waals surface area contributed by atoms with E-state index in [2.05, 4.69) is 10.0 Å². The molecule has 2 aromatic carbocycles. The molecule has 1 heterocycles. The molecule has 9 heteroatoms. The van der Waals surface area contributed by atoms with Crippen molar-refractivity contribution < 1.29 is 27.5 Å². The van der Waals surface area contributed by atoms with Crippen LogP contribution in [-0.2, 0) is 23.0 Å². The van der Waals surface area contributed by atoms with Crippen molar-refractivity contribution in [2.45, 2.75) is 17.9 Å². The molecule has 30 heavy (non-hydrogen) atoms. The molecule has 0 aliphatic rings. The minimum atomic E-state index is -3.95. The van der Waals surface area contributed by atoms with Gasteiger partial charge in [0.05, 0.1) is 31.2 Å². The summed E-state index contributed by atoms with van der Waals surface area (Å²) >= 11 is 0. The predicted octanol–water partition coefficient (Wildman–Crippen LogP) is 3.12. The SMILES string of the molecule is COc1ccc(CCNS(=O)(=O)c2cc(C(=O)O)ccc2NCc2ccco2)cc1. The average molecular weight is 430 g/mol. The summed E-state index contributed by atoms with van der Waals surface area (Å²) < 4.78 is 38.7. The number of sulfonamides is 1. The Labute approximate surface area is 174 Å². The minimum Gasteiger partial charge on any atom is -0.497 e. The van der Waals surface area contributed by atoms with Crippen LogP contribution in [0.1, 0.15) is 21.7 Å². The first-order valence-corrected chi connectivity index (χ1v) is 10.6. The van der Waals surface area contributed by atoms with Gasteiger partial charge >= 0.3 is 5.97 Å². The van der Waals surface area contributed by atoms with Crippen LogP contribution in [-0.4, -0.2) is 33.1 Å². The zero-order valence-electron chi connectivity index (χ0n) is 16.3. The lowest BCUT2D eigenvalue weighted by atomic mass is 10.1. The van der Waals surface area contributed by atoms with E-state index in [4.69, 9.17) is 9.15 Å². The van der Waals surface area contributed by atoms with E-state index in [1.54, 1.807) is 31.4 Å². The molecule has 0 unspecified atom stereocenters. The Morgan fingerprint density at radius 3 is 2.53 bits per heavy atom. The zero-order chi connectivity index (χ0) is 21.6. The maximum atomic E-state index is 12.9. The van der Waals surface area contributed by atoms with E-state index in [9.17, 15) is 18.3 Å². The van der Waals surface area contributed by atoms with Gasteiger partial charge in [-0.1, -0.05) is 12.1 Å². The van der Waals surface area contributed by atoms with E-state index in [1.165, 1.54) is 18.4 Å². The van der Waals surface area contributed by atoms with E-state index in [0.29, 0.717) is 12.2 Å². The predicted molar refractivity (Wildman–Crippen MR) is 111 cm³/mol. The molecule has 158 valence electrons. The van der Waals surface area contributed by atoms with Crippen LogP contribution in [0.5, 0.6) is 5.75 Å². The molecule has 3 aromatic rings. The molecule has 0 fully saturated rings. The molecular weight excluding hydrogens is 408 g/mol. The summed E-state index contributed by atoms with van der Waals surface area (Å²) in [5.41, 5.74) is 1.11. The Kier molecular flexibility index (Phi) is 6.76. The highest BCUT2D eigenvalue weighted by Crippen LogP contribution is 2.24. The number of carbonyl (C=O) groups is 1. The molecule has 0 radical (unpaired) electrons. The minimum absolute atomic E-state index is 0.117. The van der Waals surface area contributed by atoms with Crippen LogP contribution in [0, 0.1) is 0 Å². The van der Waals surface area contributed by atoms with E-state index in [-0.39, 0.29) is 29.2 Å². The van der Waals surface area contributed by atoms with Gasteiger partial charge in [-0.3, -0.25) is 0 Å². The van der Waals surface area contributed by atoms with E-state index in [1.807, 2.05) is 12.1 Å². The highest BCUT2D eigenvalue weighted by Gasteiger charge is 2.21. The summed E-state index contributed by atoms with van der Waals surface area (Å²) in [5, 5.41) is 12.2. The average Bonchev–Trinajstić information content (AvgIpc) is 3.26. The third-order valence-corrected chi connectivity index (χ3v) is 5.92. The molecule has 0 saturated carbocycles. The molecular formula is C21H22N2O6S. The molecule has 3 N–H and O–H groups in total. The summed E-state index contributed by atoms with van der Waals surface area (Å²) in [6, 6.07) is 14.7. The number of furan rings is 1.